The van der Waals surface area contributed by atoms with E-state index in [2.05, 4.69) is 15.5 Å². The number of benzene rings is 1. The van der Waals surface area contributed by atoms with Crippen LogP contribution in [-0.4, -0.2) is 50.6 Å². The normalized spacial score (nSPS) is 16.0. The number of carbonyl (C=O) groups excluding carboxylic acids is 2. The van der Waals surface area contributed by atoms with Gasteiger partial charge in [0.15, 0.2) is 11.4 Å². The Labute approximate surface area is 180 Å². The Balaban J connectivity index is 1.53. The topological polar surface area (TPSA) is 94.3 Å². The fourth-order valence-corrected chi connectivity index (χ4v) is 3.66. The monoisotopic (exact) mass is 422 g/mol. The number of nitrogens with one attached hydrogen (secondary N) is 1. The van der Waals surface area contributed by atoms with E-state index in [1.165, 1.54) is 0 Å². The number of amides is 2. The first kappa shape index (κ1) is 20.6. The predicted molar refractivity (Wildman–Crippen MR) is 116 cm³/mol. The van der Waals surface area contributed by atoms with Crippen LogP contribution >= 0.6 is 0 Å². The van der Waals surface area contributed by atoms with Gasteiger partial charge in [-0.15, -0.1) is 0 Å². The molecular formula is C22H26N6O3. The van der Waals surface area contributed by atoms with E-state index >= 15 is 0 Å². The van der Waals surface area contributed by atoms with Gasteiger partial charge >= 0.3 is 0 Å². The number of para-hydroxylation sites is 1. The van der Waals surface area contributed by atoms with Crippen LogP contribution in [0, 0.1) is 6.92 Å². The van der Waals surface area contributed by atoms with Gasteiger partial charge in [-0.05, 0) is 31.9 Å². The number of aromatic nitrogens is 4. The molecule has 0 saturated carbocycles. The van der Waals surface area contributed by atoms with Crippen molar-refractivity contribution in [1.82, 2.24) is 24.9 Å². The Morgan fingerprint density at radius 3 is 2.71 bits per heavy atom. The van der Waals surface area contributed by atoms with Crippen molar-refractivity contribution in [2.45, 2.75) is 32.7 Å². The Morgan fingerprint density at radius 1 is 1.26 bits per heavy atom. The van der Waals surface area contributed by atoms with Crippen LogP contribution < -0.4 is 15.0 Å². The zero-order chi connectivity index (χ0) is 22.0. The smallest absolute Gasteiger partial charge is 0.276 e. The van der Waals surface area contributed by atoms with Gasteiger partial charge in [0.2, 0.25) is 0 Å². The second kappa shape index (κ2) is 8.63. The summed E-state index contributed by atoms with van der Waals surface area (Å²) in [5, 5.41) is 11.6. The summed E-state index contributed by atoms with van der Waals surface area (Å²) < 4.78 is 9.05. The van der Waals surface area contributed by atoms with Crippen molar-refractivity contribution in [3.8, 4) is 11.4 Å². The minimum absolute atomic E-state index is 0.158. The summed E-state index contributed by atoms with van der Waals surface area (Å²) in [4.78, 5) is 27.6. The molecule has 162 valence electrons. The van der Waals surface area contributed by atoms with E-state index in [0.29, 0.717) is 25.3 Å². The number of nitrogens with zero attached hydrogens (tertiary/aromatic N) is 5. The number of anilines is 1. The largest absolute Gasteiger partial charge is 0.489 e. The van der Waals surface area contributed by atoms with Gasteiger partial charge in [0.25, 0.3) is 11.8 Å². The Bertz CT molecular complexity index is 1090. The average Bonchev–Trinajstić information content (AvgIpc) is 3.44. The van der Waals surface area contributed by atoms with Crippen molar-refractivity contribution in [1.29, 1.82) is 0 Å². The third kappa shape index (κ3) is 4.16. The van der Waals surface area contributed by atoms with E-state index in [1.54, 1.807) is 27.5 Å². The summed E-state index contributed by atoms with van der Waals surface area (Å²) in [5.41, 5.74) is 1.82. The average molecular weight is 422 g/mol. The summed E-state index contributed by atoms with van der Waals surface area (Å²) in [6.45, 7) is 4.86. The molecule has 3 aromatic rings. The molecule has 1 N–H and O–H groups in total. The fourth-order valence-electron chi connectivity index (χ4n) is 3.66. The zero-order valence-electron chi connectivity index (χ0n) is 17.9. The van der Waals surface area contributed by atoms with Gasteiger partial charge in [-0.25, -0.2) is 4.68 Å². The molecule has 1 saturated heterocycles. The predicted octanol–water partition coefficient (Wildman–Crippen LogP) is 2.24. The quantitative estimate of drug-likeness (QED) is 0.630. The first-order valence-corrected chi connectivity index (χ1v) is 10.4. The van der Waals surface area contributed by atoms with Crippen LogP contribution in [0.1, 0.15) is 35.9 Å². The van der Waals surface area contributed by atoms with E-state index in [0.717, 1.165) is 23.6 Å². The Hall–Kier alpha value is -3.62. The number of hydrogen-bond acceptors (Lipinski definition) is 5. The minimum atomic E-state index is -0.622. The summed E-state index contributed by atoms with van der Waals surface area (Å²) >= 11 is 0. The second-order valence-electron chi connectivity index (χ2n) is 7.54. The molecule has 4 rings (SSSR count). The van der Waals surface area contributed by atoms with E-state index in [9.17, 15) is 9.59 Å². The van der Waals surface area contributed by atoms with Gasteiger partial charge < -0.3 is 10.1 Å². The maximum atomic E-state index is 13.0. The molecule has 0 aliphatic carbocycles. The third-order valence-electron chi connectivity index (χ3n) is 5.14. The molecule has 1 aromatic carbocycles. The van der Waals surface area contributed by atoms with Gasteiger partial charge in [0, 0.05) is 19.7 Å². The lowest BCUT2D eigenvalue weighted by Crippen LogP contribution is -2.42. The second-order valence-corrected chi connectivity index (χ2v) is 7.54. The maximum absolute atomic E-state index is 13.0. The Kier molecular flexibility index (Phi) is 5.75. The molecule has 1 aliphatic heterocycles. The standard InChI is InChI=1S/C22H26N6O3/c1-4-12-31-18-14-28(16-8-6-5-7-9-16)25-20(18)21(29)23-17-10-11-27(22(17)30)19-13-15(2)24-26(19)3/h5-9,13-14,17H,4,10-12H2,1-3H3,(H,23,29). The van der Waals surface area contributed by atoms with Gasteiger partial charge in [-0.1, -0.05) is 25.1 Å². The van der Waals surface area contributed by atoms with Gasteiger partial charge in [-0.3, -0.25) is 19.2 Å². The number of ether oxygens (including phenoxy) is 1. The van der Waals surface area contributed by atoms with Crippen LogP contribution in [0.2, 0.25) is 0 Å². The van der Waals surface area contributed by atoms with E-state index in [-0.39, 0.29) is 11.6 Å². The lowest BCUT2D eigenvalue weighted by atomic mass is 10.2. The van der Waals surface area contributed by atoms with Crippen LogP contribution in [0.3, 0.4) is 0 Å². The number of aryl methyl sites for hydroxylation is 2. The van der Waals surface area contributed by atoms with Crippen LogP contribution in [-0.2, 0) is 11.8 Å². The lowest BCUT2D eigenvalue weighted by Gasteiger charge is -2.16. The van der Waals surface area contributed by atoms with Crippen molar-refractivity contribution in [3.63, 3.8) is 0 Å². The third-order valence-corrected chi connectivity index (χ3v) is 5.14. The summed E-state index contributed by atoms with van der Waals surface area (Å²) in [5.74, 6) is 0.532. The van der Waals surface area contributed by atoms with Crippen molar-refractivity contribution >= 4 is 17.6 Å². The molecule has 2 aromatic heterocycles. The molecule has 0 radical (unpaired) electrons. The number of carbonyl (C=O) groups is 2. The fraction of sp³-hybridized carbons (Fsp3) is 0.364. The summed E-state index contributed by atoms with van der Waals surface area (Å²) in [7, 11) is 1.80. The maximum Gasteiger partial charge on any atom is 0.276 e. The molecule has 9 nitrogen and oxygen atoms in total. The van der Waals surface area contributed by atoms with Gasteiger partial charge in [0.05, 0.1) is 24.2 Å². The molecule has 0 bridgehead atoms. The summed E-state index contributed by atoms with van der Waals surface area (Å²) in [6.07, 6.45) is 3.01. The molecule has 1 unspecified atom stereocenters. The highest BCUT2D eigenvalue weighted by atomic mass is 16.5. The molecule has 9 heteroatoms. The molecular weight excluding hydrogens is 396 g/mol. The SMILES string of the molecule is CCCOc1cn(-c2ccccc2)nc1C(=O)NC1CCN(c2cc(C)nn2C)C1=O. The van der Waals surface area contributed by atoms with E-state index < -0.39 is 11.9 Å². The van der Waals surface area contributed by atoms with Crippen LogP contribution in [0.5, 0.6) is 5.75 Å². The van der Waals surface area contributed by atoms with Crippen molar-refractivity contribution in [3.05, 3.63) is 54.0 Å². The molecule has 0 spiro atoms. The molecule has 1 atom stereocenters. The molecule has 1 aliphatic rings. The van der Waals surface area contributed by atoms with Crippen LogP contribution in [0.4, 0.5) is 5.82 Å². The van der Waals surface area contributed by atoms with Crippen molar-refractivity contribution in [2.24, 2.45) is 7.05 Å². The number of hydrogen-bond donors (Lipinski definition) is 1. The van der Waals surface area contributed by atoms with Crippen molar-refractivity contribution < 1.29 is 14.3 Å². The first-order valence-electron chi connectivity index (χ1n) is 10.4. The van der Waals surface area contributed by atoms with Crippen molar-refractivity contribution in [2.75, 3.05) is 18.1 Å². The van der Waals surface area contributed by atoms with Gasteiger partial charge in [-0.2, -0.15) is 10.2 Å². The molecule has 31 heavy (non-hydrogen) atoms. The minimum Gasteiger partial charge on any atom is -0.489 e. The van der Waals surface area contributed by atoms with E-state index in [1.807, 2.05) is 50.2 Å². The highest BCUT2D eigenvalue weighted by Gasteiger charge is 2.36. The zero-order valence-corrected chi connectivity index (χ0v) is 17.9. The highest BCUT2D eigenvalue weighted by molar-refractivity contribution is 6.03. The Morgan fingerprint density at radius 2 is 2.03 bits per heavy atom. The summed E-state index contributed by atoms with van der Waals surface area (Å²) in [6, 6.07) is 10.7. The van der Waals surface area contributed by atoms with E-state index in [4.69, 9.17) is 4.74 Å². The first-order chi connectivity index (χ1) is 15.0. The van der Waals surface area contributed by atoms with Gasteiger partial charge in [0.1, 0.15) is 11.9 Å². The molecule has 1 fully saturated rings. The molecule has 2 amide bonds. The lowest BCUT2D eigenvalue weighted by molar-refractivity contribution is -0.118. The highest BCUT2D eigenvalue weighted by Crippen LogP contribution is 2.24. The van der Waals surface area contributed by atoms with Crippen LogP contribution in [0.15, 0.2) is 42.6 Å². The molecule has 3 heterocycles. The number of rotatable bonds is 7. The van der Waals surface area contributed by atoms with Crippen LogP contribution in [0.25, 0.3) is 5.69 Å².